The first kappa shape index (κ1) is 14.7. The van der Waals surface area contributed by atoms with E-state index >= 15 is 0 Å². The van der Waals surface area contributed by atoms with Crippen molar-refractivity contribution in [2.24, 2.45) is 4.99 Å². The van der Waals surface area contributed by atoms with Crippen LogP contribution in [0.3, 0.4) is 0 Å². The van der Waals surface area contributed by atoms with Gasteiger partial charge in [0.25, 0.3) is 0 Å². The second-order valence-electron chi connectivity index (χ2n) is 4.94. The topological polar surface area (TPSA) is 35.8 Å². The van der Waals surface area contributed by atoms with Crippen molar-refractivity contribution in [3.63, 3.8) is 0 Å². The molecule has 0 amide bonds. The van der Waals surface area contributed by atoms with Gasteiger partial charge in [-0.05, 0) is 12.8 Å². The number of rotatable bonds is 10. The number of hydrogen-bond donors (Lipinski definition) is 1. The number of aliphatic hydroxyl groups is 1. The van der Waals surface area contributed by atoms with Crippen molar-refractivity contribution in [1.82, 2.24) is 4.90 Å². The van der Waals surface area contributed by atoms with E-state index in [4.69, 9.17) is 5.11 Å². The van der Waals surface area contributed by atoms with Gasteiger partial charge in [-0.15, -0.1) is 0 Å². The summed E-state index contributed by atoms with van der Waals surface area (Å²) >= 11 is 0. The summed E-state index contributed by atoms with van der Waals surface area (Å²) in [5.41, 5.74) is 0. The number of hydrogen-bond acceptors (Lipinski definition) is 3. The van der Waals surface area contributed by atoms with E-state index in [0.29, 0.717) is 6.17 Å². The first-order valence-electron chi connectivity index (χ1n) is 7.25. The van der Waals surface area contributed by atoms with Crippen LogP contribution in [0.5, 0.6) is 0 Å². The zero-order valence-electron chi connectivity index (χ0n) is 11.3. The lowest BCUT2D eigenvalue weighted by atomic mass is 10.1. The zero-order valence-corrected chi connectivity index (χ0v) is 11.3. The molecular weight excluding hydrogens is 212 g/mol. The monoisotopic (exact) mass is 240 g/mol. The third kappa shape index (κ3) is 6.18. The van der Waals surface area contributed by atoms with Crippen molar-refractivity contribution in [3.05, 3.63) is 0 Å². The molecule has 0 bridgehead atoms. The molecule has 100 valence electrons. The number of unbranched alkanes of at least 4 members (excludes halogenated alkanes) is 6. The average Bonchev–Trinajstić information content (AvgIpc) is 2.76. The maximum absolute atomic E-state index is 8.94. The SMILES string of the molecule is CCCCCCCCCC1N=CCN1CCO. The van der Waals surface area contributed by atoms with Crippen molar-refractivity contribution in [3.8, 4) is 0 Å². The molecule has 0 saturated carbocycles. The summed E-state index contributed by atoms with van der Waals surface area (Å²) in [4.78, 5) is 6.73. The second kappa shape index (κ2) is 9.60. The highest BCUT2D eigenvalue weighted by atomic mass is 16.3. The van der Waals surface area contributed by atoms with E-state index in [-0.39, 0.29) is 6.61 Å². The molecule has 1 N–H and O–H groups in total. The third-order valence-corrected chi connectivity index (χ3v) is 3.47. The maximum Gasteiger partial charge on any atom is 0.102 e. The summed E-state index contributed by atoms with van der Waals surface area (Å²) in [6.07, 6.45) is 13.0. The molecule has 0 aromatic rings. The van der Waals surface area contributed by atoms with Crippen molar-refractivity contribution < 1.29 is 5.11 Å². The number of β-amino-alcohol motifs (C(OH)–C–C–N with tert-alkyl or cyclic N) is 1. The normalized spacial score (nSPS) is 20.2. The predicted octanol–water partition coefficient (Wildman–Crippen LogP) is 2.83. The highest BCUT2D eigenvalue weighted by molar-refractivity contribution is 5.62. The van der Waals surface area contributed by atoms with Crippen molar-refractivity contribution in [2.75, 3.05) is 19.7 Å². The molecule has 3 nitrogen and oxygen atoms in total. The van der Waals surface area contributed by atoms with Crippen LogP contribution in [0.1, 0.15) is 58.3 Å². The molecule has 0 aromatic carbocycles. The molecule has 0 radical (unpaired) electrons. The van der Waals surface area contributed by atoms with Gasteiger partial charge in [0.1, 0.15) is 6.17 Å². The molecule has 0 aliphatic carbocycles. The molecule has 1 atom stereocenters. The summed E-state index contributed by atoms with van der Waals surface area (Å²) in [6, 6.07) is 0. The van der Waals surface area contributed by atoms with Crippen LogP contribution in [0.4, 0.5) is 0 Å². The molecule has 1 aliphatic rings. The van der Waals surface area contributed by atoms with Gasteiger partial charge < -0.3 is 5.11 Å². The first-order chi connectivity index (χ1) is 8.38. The Kier molecular flexibility index (Phi) is 8.28. The standard InChI is InChI=1S/C14H28N2O/c1-2-3-4-5-6-7-8-9-14-15-10-11-16(14)12-13-17/h10,14,17H,2-9,11-13H2,1H3. The lowest BCUT2D eigenvalue weighted by Crippen LogP contribution is -2.32. The minimum absolute atomic E-state index is 0.247. The molecule has 1 aliphatic heterocycles. The quantitative estimate of drug-likeness (QED) is 0.596. The maximum atomic E-state index is 8.94. The molecule has 3 heteroatoms. The van der Waals surface area contributed by atoms with Crippen LogP contribution in [-0.4, -0.2) is 42.1 Å². The van der Waals surface area contributed by atoms with Crippen LogP contribution in [-0.2, 0) is 0 Å². The van der Waals surface area contributed by atoms with Gasteiger partial charge in [-0.2, -0.15) is 0 Å². The Bertz CT molecular complexity index is 206. The minimum Gasteiger partial charge on any atom is -0.395 e. The van der Waals surface area contributed by atoms with Crippen molar-refractivity contribution in [2.45, 2.75) is 64.5 Å². The summed E-state index contributed by atoms with van der Waals surface area (Å²) in [7, 11) is 0. The Morgan fingerprint density at radius 3 is 2.59 bits per heavy atom. The first-order valence-corrected chi connectivity index (χ1v) is 7.25. The molecule has 1 rings (SSSR count). The van der Waals surface area contributed by atoms with Crippen LogP contribution in [0.15, 0.2) is 4.99 Å². The fourth-order valence-electron chi connectivity index (χ4n) is 2.40. The fraction of sp³-hybridized carbons (Fsp3) is 0.929. The summed E-state index contributed by atoms with van der Waals surface area (Å²) in [5, 5.41) is 8.94. The Labute approximate surface area is 106 Å². The van der Waals surface area contributed by atoms with Crippen LogP contribution in [0, 0.1) is 0 Å². The smallest absolute Gasteiger partial charge is 0.102 e. The molecule has 0 saturated heterocycles. The van der Waals surface area contributed by atoms with Gasteiger partial charge in [0.05, 0.1) is 6.61 Å². The fourth-order valence-corrected chi connectivity index (χ4v) is 2.40. The summed E-state index contributed by atoms with van der Waals surface area (Å²) < 4.78 is 0. The van der Waals surface area contributed by atoms with E-state index in [1.807, 2.05) is 6.21 Å². The number of aliphatic hydroxyl groups excluding tert-OH is 1. The van der Waals surface area contributed by atoms with Gasteiger partial charge in [0, 0.05) is 19.3 Å². The van der Waals surface area contributed by atoms with Gasteiger partial charge in [-0.3, -0.25) is 9.89 Å². The highest BCUT2D eigenvalue weighted by Crippen LogP contribution is 2.15. The molecule has 1 heterocycles. The molecule has 1 unspecified atom stereocenters. The molecule has 17 heavy (non-hydrogen) atoms. The average molecular weight is 240 g/mol. The van der Waals surface area contributed by atoms with Crippen LogP contribution in [0.25, 0.3) is 0 Å². The lowest BCUT2D eigenvalue weighted by molar-refractivity contribution is 0.176. The van der Waals surface area contributed by atoms with Gasteiger partial charge in [-0.1, -0.05) is 45.4 Å². The highest BCUT2D eigenvalue weighted by Gasteiger charge is 2.19. The molecule has 0 fully saturated rings. The van der Waals surface area contributed by atoms with Gasteiger partial charge in [0.2, 0.25) is 0 Å². The van der Waals surface area contributed by atoms with E-state index < -0.39 is 0 Å². The number of aliphatic imine (C=N–C) groups is 1. The van der Waals surface area contributed by atoms with Crippen LogP contribution < -0.4 is 0 Å². The Morgan fingerprint density at radius 1 is 1.18 bits per heavy atom. The van der Waals surface area contributed by atoms with E-state index in [1.54, 1.807) is 0 Å². The van der Waals surface area contributed by atoms with E-state index in [0.717, 1.165) is 19.5 Å². The van der Waals surface area contributed by atoms with Crippen LogP contribution in [0.2, 0.25) is 0 Å². The largest absolute Gasteiger partial charge is 0.395 e. The number of nitrogens with zero attached hydrogens (tertiary/aromatic N) is 2. The summed E-state index contributed by atoms with van der Waals surface area (Å²) in [6.45, 7) is 4.19. The van der Waals surface area contributed by atoms with Crippen molar-refractivity contribution in [1.29, 1.82) is 0 Å². The van der Waals surface area contributed by atoms with Gasteiger partial charge in [-0.25, -0.2) is 0 Å². The third-order valence-electron chi connectivity index (χ3n) is 3.47. The van der Waals surface area contributed by atoms with Crippen molar-refractivity contribution >= 4 is 6.21 Å². The Morgan fingerprint density at radius 2 is 1.88 bits per heavy atom. The molecule has 0 spiro atoms. The van der Waals surface area contributed by atoms with Crippen LogP contribution >= 0.6 is 0 Å². The zero-order chi connectivity index (χ0) is 12.3. The predicted molar refractivity (Wildman–Crippen MR) is 73.5 cm³/mol. The summed E-state index contributed by atoms with van der Waals surface area (Å²) in [5.74, 6) is 0. The van der Waals surface area contributed by atoms with Gasteiger partial charge in [0.15, 0.2) is 0 Å². The minimum atomic E-state index is 0.247. The molecular formula is C14H28N2O. The molecule has 0 aromatic heterocycles. The van der Waals surface area contributed by atoms with Gasteiger partial charge >= 0.3 is 0 Å². The Balaban J connectivity index is 1.96. The van der Waals surface area contributed by atoms with E-state index in [1.165, 1.54) is 44.9 Å². The second-order valence-corrected chi connectivity index (χ2v) is 4.94. The Hall–Kier alpha value is -0.410. The van der Waals surface area contributed by atoms with E-state index in [9.17, 15) is 0 Å². The lowest BCUT2D eigenvalue weighted by Gasteiger charge is -2.21. The van der Waals surface area contributed by atoms with E-state index in [2.05, 4.69) is 16.8 Å².